The van der Waals surface area contributed by atoms with Crippen LogP contribution in [0.1, 0.15) is 126 Å². The summed E-state index contributed by atoms with van der Waals surface area (Å²) in [5.74, 6) is -8.88. The van der Waals surface area contributed by atoms with E-state index in [1.165, 1.54) is 61.6 Å². The summed E-state index contributed by atoms with van der Waals surface area (Å²) in [6.07, 6.45) is -0.101. The summed E-state index contributed by atoms with van der Waals surface area (Å²) in [7, 11) is 5.66. The van der Waals surface area contributed by atoms with Gasteiger partial charge in [-0.3, -0.25) is 38.4 Å². The van der Waals surface area contributed by atoms with Crippen molar-refractivity contribution in [2.45, 2.75) is 188 Å². The van der Waals surface area contributed by atoms with Crippen LogP contribution in [0.5, 0.6) is 0 Å². The fraction of sp³-hybridized carbons (Fsp3) is 0.591. The van der Waals surface area contributed by atoms with Crippen LogP contribution < -0.4 is 16.0 Å². The van der Waals surface area contributed by atoms with Gasteiger partial charge in [0.05, 0.1) is 5.60 Å². The number of ether oxygens (including phenoxy) is 1. The normalized spacial score (nSPS) is 25.3. The summed E-state index contributed by atoms with van der Waals surface area (Å²) in [6, 6.07) is 13.5. The Hall–Kier alpha value is -6.86. The second-order valence-electron chi connectivity index (χ2n) is 25.4. The van der Waals surface area contributed by atoms with Crippen LogP contribution in [-0.2, 0) is 60.7 Å². The molecular formula is C66H95ClN8O11. The number of halogens is 1. The Morgan fingerprint density at radius 3 is 1.65 bits per heavy atom. The molecule has 86 heavy (non-hydrogen) atoms. The molecular weight excluding hydrogens is 1120 g/mol. The van der Waals surface area contributed by atoms with E-state index in [0.29, 0.717) is 35.4 Å². The maximum atomic E-state index is 15.6. The average molecular weight is 1210 g/mol. The van der Waals surface area contributed by atoms with Gasteiger partial charge in [-0.2, -0.15) is 0 Å². The van der Waals surface area contributed by atoms with E-state index in [9.17, 15) is 29.1 Å². The number of carbonyl (C=O) groups is 9. The monoisotopic (exact) mass is 1210 g/mol. The Morgan fingerprint density at radius 1 is 0.593 bits per heavy atom. The number of rotatable bonds is 14. The molecule has 8 amide bonds. The molecule has 2 unspecified atom stereocenters. The molecule has 0 saturated carbocycles. The van der Waals surface area contributed by atoms with Gasteiger partial charge in [-0.15, -0.1) is 0 Å². The van der Waals surface area contributed by atoms with Gasteiger partial charge in [0.2, 0.25) is 41.4 Å². The van der Waals surface area contributed by atoms with E-state index >= 15 is 19.2 Å². The number of cyclic esters (lactones) is 1. The molecule has 2 aliphatic rings. The van der Waals surface area contributed by atoms with Crippen LogP contribution in [0.4, 0.5) is 0 Å². The van der Waals surface area contributed by atoms with E-state index in [2.05, 4.69) is 16.0 Å². The van der Waals surface area contributed by atoms with Gasteiger partial charge in [-0.1, -0.05) is 160 Å². The minimum atomic E-state index is -1.98. The van der Waals surface area contributed by atoms with E-state index in [4.69, 9.17) is 16.3 Å². The summed E-state index contributed by atoms with van der Waals surface area (Å²) in [4.78, 5) is 142. The summed E-state index contributed by atoms with van der Waals surface area (Å²) in [6.45, 7) is 20.6. The van der Waals surface area contributed by atoms with Gasteiger partial charge in [0.15, 0.2) is 12.1 Å². The highest BCUT2D eigenvalue weighted by Crippen LogP contribution is 2.30. The first-order valence-electron chi connectivity index (χ1n) is 30.4. The third kappa shape index (κ3) is 17.0. The molecule has 0 aromatic heterocycles. The van der Waals surface area contributed by atoms with Crippen LogP contribution in [-0.4, -0.2) is 178 Å². The maximum absolute atomic E-state index is 15.6. The molecule has 472 valence electrons. The zero-order valence-corrected chi connectivity index (χ0v) is 54.1. The minimum absolute atomic E-state index is 0.0204. The van der Waals surface area contributed by atoms with Crippen LogP contribution in [0.15, 0.2) is 78.9 Å². The highest BCUT2D eigenvalue weighted by atomic mass is 35.5. The molecule has 4 N–H and O–H groups in total. The van der Waals surface area contributed by atoms with Crippen LogP contribution in [0.3, 0.4) is 0 Å². The summed E-state index contributed by atoms with van der Waals surface area (Å²) >= 11 is 6.60. The smallest absolute Gasteiger partial charge is 0.332 e. The van der Waals surface area contributed by atoms with Crippen LogP contribution in [0.2, 0.25) is 5.02 Å². The third-order valence-corrected chi connectivity index (χ3v) is 17.4. The Kier molecular flexibility index (Phi) is 24.9. The van der Waals surface area contributed by atoms with Crippen molar-refractivity contribution in [3.05, 3.63) is 95.0 Å². The molecule has 0 spiro atoms. The fourth-order valence-electron chi connectivity index (χ4n) is 11.9. The number of hydrogen-bond acceptors (Lipinski definition) is 11. The molecule has 0 radical (unpaired) electrons. The highest BCUT2D eigenvalue weighted by molar-refractivity contribution is 6.33. The van der Waals surface area contributed by atoms with Crippen molar-refractivity contribution in [1.82, 2.24) is 40.4 Å². The summed E-state index contributed by atoms with van der Waals surface area (Å²) in [5, 5.41) is 21.1. The van der Waals surface area contributed by atoms with Crippen molar-refractivity contribution in [3.63, 3.8) is 0 Å². The summed E-state index contributed by atoms with van der Waals surface area (Å²) in [5.41, 5.74) is 0.971. The molecule has 0 aliphatic carbocycles. The first-order chi connectivity index (χ1) is 40.4. The minimum Gasteiger partial charge on any atom is -0.450 e. The Labute approximate surface area is 514 Å². The second-order valence-corrected chi connectivity index (χ2v) is 25.8. The lowest BCUT2D eigenvalue weighted by Crippen LogP contribution is -2.63. The Morgan fingerprint density at radius 2 is 1.12 bits per heavy atom. The lowest BCUT2D eigenvalue weighted by molar-refractivity contribution is -0.177. The first-order valence-corrected chi connectivity index (χ1v) is 30.8. The molecule has 2 aliphatic heterocycles. The van der Waals surface area contributed by atoms with E-state index in [1.807, 2.05) is 69.3 Å². The summed E-state index contributed by atoms with van der Waals surface area (Å²) < 4.78 is 6.12. The van der Waals surface area contributed by atoms with Crippen molar-refractivity contribution in [1.29, 1.82) is 0 Å². The van der Waals surface area contributed by atoms with Gasteiger partial charge in [0.25, 0.3) is 5.91 Å². The molecule has 11 atom stereocenters. The van der Waals surface area contributed by atoms with Gasteiger partial charge in [0.1, 0.15) is 42.3 Å². The average Bonchev–Trinajstić information content (AvgIpc) is 1.82. The quantitative estimate of drug-likeness (QED) is 0.124. The molecule has 20 heteroatoms. The van der Waals surface area contributed by atoms with Crippen molar-refractivity contribution in [3.8, 4) is 11.1 Å². The molecule has 2 heterocycles. The van der Waals surface area contributed by atoms with Gasteiger partial charge in [0, 0.05) is 64.1 Å². The molecule has 19 nitrogen and oxygen atoms in total. The third-order valence-electron chi connectivity index (χ3n) is 17.1. The molecule has 5 rings (SSSR count). The number of hydrogen-bond donors (Lipinski definition) is 4. The largest absolute Gasteiger partial charge is 0.450 e. The predicted octanol–water partition coefficient (Wildman–Crippen LogP) is 6.69. The number of benzene rings is 3. The standard InChI is InChI=1S/C66H95ClN8O11/c1-17-41(9)52-63(82)72(14)53(39(5)6)58(77)68-48(35-38(3)4)61(80)74(16)56(66(11,12)85)65(84)86-55(42(10)18-2)64(83)73(15)54(40(7)8)59(78)69-49(36-43-25-20-19-21-26-43)60(79)71(13)51(62(81)75-34-24-29-50(75)57(76)70-52)37-44-30-32-45(33-31-44)46-27-22-23-28-47(46)67/h19-23,25-28,30-33,38-42,48-56,85H,17-18,24,29,34-37H2,1-16H3,(H,68,77)(H,69,78)(H,70,76)/t41?,42?,48-,49-,50-,51-,52-,53-,54-,55+,56+/m0/s1. The van der Waals surface area contributed by atoms with Crippen molar-refractivity contribution >= 4 is 64.8 Å². The molecule has 3 aromatic carbocycles. The molecule has 2 saturated heterocycles. The van der Waals surface area contributed by atoms with Gasteiger partial charge >= 0.3 is 5.97 Å². The number of amides is 8. The van der Waals surface area contributed by atoms with Gasteiger partial charge in [-0.25, -0.2) is 4.79 Å². The van der Waals surface area contributed by atoms with E-state index in [0.717, 1.165) is 16.0 Å². The number of carbonyl (C=O) groups excluding carboxylic acids is 9. The topological polar surface area (TPSA) is 235 Å². The van der Waals surface area contributed by atoms with Crippen molar-refractivity contribution in [2.24, 2.45) is 29.6 Å². The number of aliphatic hydroxyl groups is 1. The Balaban J connectivity index is 1.72. The van der Waals surface area contributed by atoms with E-state index in [-0.39, 0.29) is 38.1 Å². The van der Waals surface area contributed by atoms with E-state index < -0.39 is 137 Å². The lowest BCUT2D eigenvalue weighted by Gasteiger charge is -2.39. The fourth-order valence-corrected chi connectivity index (χ4v) is 12.1. The molecule has 0 bridgehead atoms. The Bertz CT molecular complexity index is 2860. The zero-order valence-electron chi connectivity index (χ0n) is 53.4. The highest BCUT2D eigenvalue weighted by Gasteiger charge is 2.48. The number of esters is 1. The molecule has 3 aromatic rings. The number of nitrogens with zero attached hydrogens (tertiary/aromatic N) is 5. The van der Waals surface area contributed by atoms with Crippen LogP contribution >= 0.6 is 11.6 Å². The lowest BCUT2D eigenvalue weighted by atomic mass is 9.93. The first kappa shape index (κ1) is 69.9. The molecule has 2 fully saturated rings. The number of fused-ring (bicyclic) bond motifs is 1. The van der Waals surface area contributed by atoms with Crippen molar-refractivity contribution in [2.75, 3.05) is 34.7 Å². The van der Waals surface area contributed by atoms with Crippen molar-refractivity contribution < 1.29 is 53.0 Å². The number of nitrogens with one attached hydrogen (secondary N) is 3. The zero-order chi connectivity index (χ0) is 64.2. The van der Waals surface area contributed by atoms with Crippen LogP contribution in [0, 0.1) is 29.6 Å². The van der Waals surface area contributed by atoms with E-state index in [1.54, 1.807) is 78.8 Å². The number of likely N-dealkylation sites (N-methyl/N-ethyl adjacent to an activating group) is 4. The van der Waals surface area contributed by atoms with Gasteiger partial charge in [-0.05, 0) is 86.0 Å². The SMILES string of the molecule is CCC(C)[C@@H]1NC(=O)[C@@H]2CCCN2C(=O)[C@H](Cc2ccc(-c3ccccc3Cl)cc2)N(C)C(=O)[C@H](Cc2ccccc2)NC(=O)[C@H](C(C)C)N(C)C(=O)[C@@H](C(C)CC)OC(=O)[C@H](C(C)(C)O)N(C)C(=O)[C@H](CC(C)C)NC(=O)[C@H](C(C)C)N(C)C1=O. The predicted molar refractivity (Wildman–Crippen MR) is 332 cm³/mol. The maximum Gasteiger partial charge on any atom is 0.332 e. The second kappa shape index (κ2) is 30.7. The van der Waals surface area contributed by atoms with Gasteiger partial charge < -0.3 is 50.3 Å². The van der Waals surface area contributed by atoms with Crippen LogP contribution in [0.25, 0.3) is 11.1 Å².